The first-order valence-electron chi connectivity index (χ1n) is 6.36. The third kappa shape index (κ3) is 3.03. The van der Waals surface area contributed by atoms with Gasteiger partial charge in [-0.15, -0.1) is 0 Å². The Hall–Kier alpha value is -2.29. The second-order valence-electron chi connectivity index (χ2n) is 4.86. The van der Waals surface area contributed by atoms with Crippen LogP contribution in [-0.4, -0.2) is 15.0 Å². The number of benzene rings is 1. The third-order valence-electron chi connectivity index (χ3n) is 3.20. The van der Waals surface area contributed by atoms with E-state index in [2.05, 4.69) is 15.0 Å². The van der Waals surface area contributed by atoms with Crippen molar-refractivity contribution in [2.45, 2.75) is 12.4 Å². The molecule has 0 aliphatic rings. The maximum Gasteiger partial charge on any atom is 0.433 e. The van der Waals surface area contributed by atoms with Gasteiger partial charge in [-0.05, 0) is 24.3 Å². The molecule has 0 atom stereocenters. The highest BCUT2D eigenvalue weighted by Gasteiger charge is 2.34. The number of fused-ring (bicyclic) bond motifs is 1. The minimum Gasteiger partial charge on any atom is -0.338 e. The summed E-state index contributed by atoms with van der Waals surface area (Å²) in [5.74, 6) is 0.0848. The van der Waals surface area contributed by atoms with Crippen LogP contribution >= 0.6 is 11.6 Å². The highest BCUT2D eigenvalue weighted by molar-refractivity contribution is 6.32. The van der Waals surface area contributed by atoms with Gasteiger partial charge in [0.05, 0.1) is 21.6 Å². The van der Waals surface area contributed by atoms with Gasteiger partial charge in [0.25, 0.3) is 0 Å². The molecule has 0 aliphatic heterocycles. The normalized spacial score (nSPS) is 12.8. The van der Waals surface area contributed by atoms with Crippen molar-refractivity contribution in [1.29, 1.82) is 0 Å². The average molecular weight is 366 g/mol. The van der Waals surface area contributed by atoms with E-state index in [0.29, 0.717) is 0 Å². The van der Waals surface area contributed by atoms with E-state index in [1.54, 1.807) is 0 Å². The standard InChI is InChI=1S/C14H6ClF6N3/c15-8-4-10-9(3-7(8)13(16,17)18)23-12(24-10)6-1-2-11(22-5-6)14(19,20)21/h1-5H,(H,23,24). The summed E-state index contributed by atoms with van der Waals surface area (Å²) < 4.78 is 75.9. The molecular formula is C14H6ClF6N3. The van der Waals surface area contributed by atoms with E-state index in [4.69, 9.17) is 11.6 Å². The highest BCUT2D eigenvalue weighted by Crippen LogP contribution is 2.37. The second-order valence-corrected chi connectivity index (χ2v) is 5.27. The molecule has 0 radical (unpaired) electrons. The van der Waals surface area contributed by atoms with Gasteiger partial charge < -0.3 is 4.98 Å². The first-order valence-corrected chi connectivity index (χ1v) is 6.73. The molecule has 0 spiro atoms. The first-order chi connectivity index (χ1) is 11.1. The van der Waals surface area contributed by atoms with Crippen LogP contribution in [0.3, 0.4) is 0 Å². The van der Waals surface area contributed by atoms with E-state index >= 15 is 0 Å². The van der Waals surface area contributed by atoms with Gasteiger partial charge in [0.15, 0.2) is 0 Å². The molecule has 3 nitrogen and oxygen atoms in total. The van der Waals surface area contributed by atoms with Crippen LogP contribution in [0.15, 0.2) is 30.5 Å². The van der Waals surface area contributed by atoms with Crippen LogP contribution in [0.1, 0.15) is 11.3 Å². The molecule has 3 rings (SSSR count). The molecule has 0 saturated heterocycles. The highest BCUT2D eigenvalue weighted by atomic mass is 35.5. The summed E-state index contributed by atoms with van der Waals surface area (Å²) in [7, 11) is 0. The summed E-state index contributed by atoms with van der Waals surface area (Å²) >= 11 is 5.61. The van der Waals surface area contributed by atoms with Gasteiger partial charge in [-0.1, -0.05) is 11.6 Å². The summed E-state index contributed by atoms with van der Waals surface area (Å²) in [4.78, 5) is 9.94. The lowest BCUT2D eigenvalue weighted by molar-refractivity contribution is -0.141. The maximum atomic E-state index is 12.8. The van der Waals surface area contributed by atoms with E-state index in [0.717, 1.165) is 30.5 Å². The van der Waals surface area contributed by atoms with Crippen molar-refractivity contribution in [3.63, 3.8) is 0 Å². The van der Waals surface area contributed by atoms with Crippen LogP contribution in [0.5, 0.6) is 0 Å². The molecule has 0 unspecified atom stereocenters. The number of imidazole rings is 1. The fourth-order valence-electron chi connectivity index (χ4n) is 2.09. The Bertz CT molecular complexity index is 896. The predicted octanol–water partition coefficient (Wildman–Crippen LogP) is 5.32. The maximum absolute atomic E-state index is 12.8. The van der Waals surface area contributed by atoms with Crippen LogP contribution in [0.2, 0.25) is 5.02 Å². The Labute approximate surface area is 135 Å². The number of hydrogen-bond acceptors (Lipinski definition) is 2. The molecule has 2 aromatic heterocycles. The van der Waals surface area contributed by atoms with Crippen LogP contribution < -0.4 is 0 Å². The lowest BCUT2D eigenvalue weighted by atomic mass is 10.2. The summed E-state index contributed by atoms with van der Waals surface area (Å²) in [6.07, 6.45) is -8.28. The van der Waals surface area contributed by atoms with Crippen molar-refractivity contribution in [1.82, 2.24) is 15.0 Å². The van der Waals surface area contributed by atoms with E-state index in [1.165, 1.54) is 0 Å². The molecule has 0 aliphatic carbocycles. The quantitative estimate of drug-likeness (QED) is 0.593. The van der Waals surface area contributed by atoms with Gasteiger partial charge in [-0.2, -0.15) is 26.3 Å². The molecule has 0 bridgehead atoms. The number of nitrogens with one attached hydrogen (secondary N) is 1. The first kappa shape index (κ1) is 16.6. The zero-order valence-corrected chi connectivity index (χ0v) is 12.2. The number of halogens is 7. The fraction of sp³-hybridized carbons (Fsp3) is 0.143. The monoisotopic (exact) mass is 365 g/mol. The van der Waals surface area contributed by atoms with Crippen molar-refractivity contribution in [2.24, 2.45) is 0 Å². The van der Waals surface area contributed by atoms with Crippen LogP contribution in [0.4, 0.5) is 26.3 Å². The van der Waals surface area contributed by atoms with Crippen LogP contribution in [0.25, 0.3) is 22.4 Å². The lowest BCUT2D eigenvalue weighted by Gasteiger charge is -2.07. The minimum absolute atomic E-state index is 0.0124. The number of hydrogen-bond donors (Lipinski definition) is 1. The number of aromatic nitrogens is 3. The topological polar surface area (TPSA) is 41.6 Å². The largest absolute Gasteiger partial charge is 0.433 e. The Morgan fingerprint density at radius 2 is 1.67 bits per heavy atom. The molecule has 1 aromatic carbocycles. The molecule has 3 aromatic rings. The average Bonchev–Trinajstić information content (AvgIpc) is 2.87. The molecule has 126 valence electrons. The van der Waals surface area contributed by atoms with E-state index < -0.39 is 28.6 Å². The van der Waals surface area contributed by atoms with Crippen molar-refractivity contribution in [3.05, 3.63) is 46.7 Å². The molecule has 0 fully saturated rings. The molecule has 24 heavy (non-hydrogen) atoms. The number of rotatable bonds is 1. The Morgan fingerprint density at radius 1 is 0.958 bits per heavy atom. The predicted molar refractivity (Wildman–Crippen MR) is 74.3 cm³/mol. The van der Waals surface area contributed by atoms with Crippen molar-refractivity contribution in [2.75, 3.05) is 0 Å². The van der Waals surface area contributed by atoms with E-state index in [1.807, 2.05) is 0 Å². The second kappa shape index (κ2) is 5.37. The smallest absolute Gasteiger partial charge is 0.338 e. The molecule has 2 heterocycles. The molecular weight excluding hydrogens is 360 g/mol. The van der Waals surface area contributed by atoms with Crippen molar-refractivity contribution in [3.8, 4) is 11.4 Å². The summed E-state index contributed by atoms with van der Waals surface area (Å²) in [6, 6.07) is 3.72. The Kier molecular flexibility index (Phi) is 3.71. The van der Waals surface area contributed by atoms with Gasteiger partial charge in [0.1, 0.15) is 11.5 Å². The van der Waals surface area contributed by atoms with Gasteiger partial charge in [0, 0.05) is 11.8 Å². The van der Waals surface area contributed by atoms with E-state index in [9.17, 15) is 26.3 Å². The Morgan fingerprint density at radius 3 is 2.21 bits per heavy atom. The van der Waals surface area contributed by atoms with Crippen LogP contribution in [0, 0.1) is 0 Å². The number of alkyl halides is 6. The number of aromatic amines is 1. The zero-order valence-electron chi connectivity index (χ0n) is 11.4. The van der Waals surface area contributed by atoms with E-state index in [-0.39, 0.29) is 22.4 Å². The zero-order chi connectivity index (χ0) is 17.7. The minimum atomic E-state index is -4.64. The third-order valence-corrected chi connectivity index (χ3v) is 3.52. The lowest BCUT2D eigenvalue weighted by Crippen LogP contribution is -2.07. The number of pyridine rings is 1. The number of nitrogens with zero attached hydrogens (tertiary/aromatic N) is 2. The van der Waals surface area contributed by atoms with Crippen LogP contribution in [-0.2, 0) is 12.4 Å². The summed E-state index contributed by atoms with van der Waals surface area (Å²) in [5.41, 5.74) is -1.71. The summed E-state index contributed by atoms with van der Waals surface area (Å²) in [5, 5.41) is -0.504. The SMILES string of the molecule is FC(F)(F)c1ccc(-c2nc3cc(C(F)(F)F)c(Cl)cc3[nH]2)cn1. The van der Waals surface area contributed by atoms with Gasteiger partial charge in [0.2, 0.25) is 0 Å². The van der Waals surface area contributed by atoms with Crippen molar-refractivity contribution < 1.29 is 26.3 Å². The molecule has 1 N–H and O–H groups in total. The molecule has 10 heteroatoms. The van der Waals surface area contributed by atoms with Gasteiger partial charge in [-0.25, -0.2) is 4.98 Å². The van der Waals surface area contributed by atoms with Gasteiger partial charge in [-0.3, -0.25) is 4.98 Å². The number of H-pyrrole nitrogens is 1. The van der Waals surface area contributed by atoms with Gasteiger partial charge >= 0.3 is 12.4 Å². The van der Waals surface area contributed by atoms with Crippen molar-refractivity contribution >= 4 is 22.6 Å². The molecule has 0 amide bonds. The Balaban J connectivity index is 2.05. The summed E-state index contributed by atoms with van der Waals surface area (Å²) in [6.45, 7) is 0. The molecule has 0 saturated carbocycles. The fourth-order valence-corrected chi connectivity index (χ4v) is 2.36.